The van der Waals surface area contributed by atoms with Gasteiger partial charge in [0.25, 0.3) is 0 Å². The molecular formula is C26H28Si2. The molecule has 140 valence electrons. The van der Waals surface area contributed by atoms with Crippen LogP contribution in [0.5, 0.6) is 0 Å². The van der Waals surface area contributed by atoms with E-state index in [-0.39, 0.29) is 0 Å². The summed E-state index contributed by atoms with van der Waals surface area (Å²) in [6.07, 6.45) is 0. The molecule has 0 bridgehead atoms. The molecule has 4 rings (SSSR count). The van der Waals surface area contributed by atoms with Crippen molar-refractivity contribution < 1.29 is 0 Å². The Morgan fingerprint density at radius 2 is 0.786 bits per heavy atom. The minimum atomic E-state index is -1.69. The zero-order valence-corrected chi connectivity index (χ0v) is 19.2. The van der Waals surface area contributed by atoms with Gasteiger partial charge in [-0.15, -0.1) is 0 Å². The summed E-state index contributed by atoms with van der Waals surface area (Å²) in [7, 11) is -3.38. The predicted molar refractivity (Wildman–Crippen MR) is 130 cm³/mol. The molecule has 0 aromatic heterocycles. The Bertz CT molecular complexity index is 1010. The number of hydrogen-bond acceptors (Lipinski definition) is 0. The molecule has 4 aromatic rings. The van der Waals surface area contributed by atoms with Crippen molar-refractivity contribution in [2.24, 2.45) is 0 Å². The maximum absolute atomic E-state index is 2.45. The molecule has 0 N–H and O–H groups in total. The van der Waals surface area contributed by atoms with Crippen LogP contribution in [0.4, 0.5) is 0 Å². The number of rotatable bonds is 4. The molecule has 0 heterocycles. The highest BCUT2D eigenvalue weighted by Crippen LogP contribution is 2.16. The largest absolute Gasteiger partial charge is 0.112 e. The number of benzene rings is 4. The third kappa shape index (κ3) is 3.38. The van der Waals surface area contributed by atoms with Crippen molar-refractivity contribution in [2.75, 3.05) is 0 Å². The van der Waals surface area contributed by atoms with Crippen molar-refractivity contribution in [3.8, 4) is 0 Å². The maximum atomic E-state index is 2.45. The van der Waals surface area contributed by atoms with E-state index in [2.05, 4.69) is 123 Å². The van der Waals surface area contributed by atoms with Crippen LogP contribution < -0.4 is 20.7 Å². The summed E-state index contributed by atoms with van der Waals surface area (Å²) in [5.41, 5.74) is 0. The fourth-order valence-electron chi connectivity index (χ4n) is 4.07. The van der Waals surface area contributed by atoms with Crippen LogP contribution in [0.25, 0.3) is 10.8 Å². The monoisotopic (exact) mass is 396 g/mol. The SMILES string of the molecule is C[Si](C)(c1ccccc1)c1ccc2ccc([Si](C)(C)c3ccccc3)cc2c1. The molecule has 0 aliphatic carbocycles. The molecule has 0 aliphatic rings. The van der Waals surface area contributed by atoms with Gasteiger partial charge in [-0.05, 0) is 10.8 Å². The quantitative estimate of drug-likeness (QED) is 0.446. The van der Waals surface area contributed by atoms with Crippen LogP contribution in [0.2, 0.25) is 26.2 Å². The van der Waals surface area contributed by atoms with Crippen LogP contribution in [0.3, 0.4) is 0 Å². The first-order valence-electron chi connectivity index (χ1n) is 10.0. The van der Waals surface area contributed by atoms with Crippen molar-refractivity contribution >= 4 is 47.7 Å². The van der Waals surface area contributed by atoms with Gasteiger partial charge in [-0.2, -0.15) is 0 Å². The van der Waals surface area contributed by atoms with Crippen LogP contribution in [0.15, 0.2) is 97.1 Å². The molecule has 0 fully saturated rings. The fraction of sp³-hybridized carbons (Fsp3) is 0.154. The van der Waals surface area contributed by atoms with E-state index in [0.717, 1.165) is 0 Å². The summed E-state index contributed by atoms with van der Waals surface area (Å²) in [4.78, 5) is 0. The van der Waals surface area contributed by atoms with Gasteiger partial charge in [0.2, 0.25) is 0 Å². The average Bonchev–Trinajstić information content (AvgIpc) is 2.74. The first-order chi connectivity index (χ1) is 13.4. The summed E-state index contributed by atoms with van der Waals surface area (Å²) in [6, 6.07) is 36.2. The molecule has 0 saturated heterocycles. The molecule has 4 aromatic carbocycles. The van der Waals surface area contributed by atoms with Gasteiger partial charge < -0.3 is 0 Å². The van der Waals surface area contributed by atoms with E-state index in [1.807, 2.05) is 0 Å². The number of fused-ring (bicyclic) bond motifs is 1. The van der Waals surface area contributed by atoms with E-state index in [1.54, 1.807) is 0 Å². The molecule has 0 nitrogen and oxygen atoms in total. The second-order valence-corrected chi connectivity index (χ2v) is 17.6. The lowest BCUT2D eigenvalue weighted by molar-refractivity contribution is 1.68. The highest BCUT2D eigenvalue weighted by atomic mass is 28.3. The molecule has 0 amide bonds. The lowest BCUT2D eigenvalue weighted by Gasteiger charge is -2.26. The number of hydrogen-bond donors (Lipinski definition) is 0. The van der Waals surface area contributed by atoms with Crippen LogP contribution in [-0.2, 0) is 0 Å². The van der Waals surface area contributed by atoms with E-state index in [4.69, 9.17) is 0 Å². The molecule has 0 atom stereocenters. The van der Waals surface area contributed by atoms with Gasteiger partial charge in [-0.25, -0.2) is 0 Å². The van der Waals surface area contributed by atoms with Gasteiger partial charge in [-0.3, -0.25) is 0 Å². The average molecular weight is 397 g/mol. The van der Waals surface area contributed by atoms with E-state index in [9.17, 15) is 0 Å². The highest BCUT2D eigenvalue weighted by Gasteiger charge is 2.27. The third-order valence-electron chi connectivity index (χ3n) is 6.27. The molecule has 0 unspecified atom stereocenters. The smallest absolute Gasteiger partial charge is 0.0626 e. The molecule has 2 heteroatoms. The van der Waals surface area contributed by atoms with Crippen molar-refractivity contribution in [3.63, 3.8) is 0 Å². The Kier molecular flexibility index (Phi) is 4.86. The minimum Gasteiger partial charge on any atom is -0.0626 e. The molecular weight excluding hydrogens is 368 g/mol. The van der Waals surface area contributed by atoms with Crippen molar-refractivity contribution in [1.82, 2.24) is 0 Å². The second-order valence-electron chi connectivity index (χ2n) is 8.76. The maximum Gasteiger partial charge on any atom is 0.112 e. The van der Waals surface area contributed by atoms with Crippen molar-refractivity contribution in [1.29, 1.82) is 0 Å². The Morgan fingerprint density at radius 1 is 0.393 bits per heavy atom. The summed E-state index contributed by atoms with van der Waals surface area (Å²) < 4.78 is 0. The third-order valence-corrected chi connectivity index (χ3v) is 13.3. The standard InChI is InChI=1S/C26H28Si2/c1-27(2,23-11-7-5-8-12-23)25-17-15-21-16-18-26(20-22(21)19-25)28(3,4)24-13-9-6-10-14-24/h5-20H,1-4H3. The summed E-state index contributed by atoms with van der Waals surface area (Å²) in [6.45, 7) is 9.82. The van der Waals surface area contributed by atoms with E-state index in [1.165, 1.54) is 31.5 Å². The molecule has 0 spiro atoms. The van der Waals surface area contributed by atoms with Gasteiger partial charge in [0.15, 0.2) is 0 Å². The van der Waals surface area contributed by atoms with Crippen LogP contribution in [-0.4, -0.2) is 16.1 Å². The normalized spacial score (nSPS) is 12.3. The summed E-state index contributed by atoms with van der Waals surface area (Å²) in [5, 5.41) is 8.70. The molecule has 0 aliphatic heterocycles. The zero-order valence-electron chi connectivity index (χ0n) is 17.2. The van der Waals surface area contributed by atoms with E-state index in [0.29, 0.717) is 0 Å². The Hall–Kier alpha value is -2.43. The van der Waals surface area contributed by atoms with Gasteiger partial charge in [-0.1, -0.05) is 144 Å². The Morgan fingerprint density at radius 3 is 1.18 bits per heavy atom. The molecule has 0 saturated carbocycles. The van der Waals surface area contributed by atoms with Crippen LogP contribution >= 0.6 is 0 Å². The topological polar surface area (TPSA) is 0 Å². The van der Waals surface area contributed by atoms with Gasteiger partial charge in [0, 0.05) is 0 Å². The van der Waals surface area contributed by atoms with Crippen LogP contribution in [0.1, 0.15) is 0 Å². The minimum absolute atomic E-state index is 1.34. The predicted octanol–water partition coefficient (Wildman–Crippen LogP) is 4.49. The first kappa shape index (κ1) is 18.9. The van der Waals surface area contributed by atoms with Crippen LogP contribution in [0, 0.1) is 0 Å². The van der Waals surface area contributed by atoms with Crippen molar-refractivity contribution in [3.05, 3.63) is 97.1 Å². The molecule has 28 heavy (non-hydrogen) atoms. The van der Waals surface area contributed by atoms with Gasteiger partial charge in [0.05, 0.1) is 0 Å². The zero-order chi connectivity index (χ0) is 19.8. The van der Waals surface area contributed by atoms with Gasteiger partial charge in [0.1, 0.15) is 16.1 Å². The fourth-order valence-corrected chi connectivity index (χ4v) is 8.82. The second kappa shape index (κ2) is 7.19. The summed E-state index contributed by atoms with van der Waals surface area (Å²) in [5.74, 6) is 0. The highest BCUT2D eigenvalue weighted by molar-refractivity contribution is 7.01. The summed E-state index contributed by atoms with van der Waals surface area (Å²) >= 11 is 0. The lowest BCUT2D eigenvalue weighted by atomic mass is 10.1. The van der Waals surface area contributed by atoms with E-state index < -0.39 is 16.1 Å². The molecule has 0 radical (unpaired) electrons. The Labute approximate surface area is 170 Å². The van der Waals surface area contributed by atoms with E-state index >= 15 is 0 Å². The van der Waals surface area contributed by atoms with Crippen molar-refractivity contribution in [2.45, 2.75) is 26.2 Å². The lowest BCUT2D eigenvalue weighted by Crippen LogP contribution is -2.53. The Balaban J connectivity index is 1.80. The van der Waals surface area contributed by atoms with Gasteiger partial charge >= 0.3 is 0 Å². The first-order valence-corrected chi connectivity index (χ1v) is 16.0.